The molecule has 1 aliphatic rings. The number of benzene rings is 1. The summed E-state index contributed by atoms with van der Waals surface area (Å²) in [5.41, 5.74) is 1.23. The topological polar surface area (TPSA) is 55.1 Å². The van der Waals surface area contributed by atoms with Crippen molar-refractivity contribution >= 4 is 11.7 Å². The highest BCUT2D eigenvalue weighted by molar-refractivity contribution is 5.94. The number of anilines is 1. The number of nitrogens with zero attached hydrogens (tertiary/aromatic N) is 1. The van der Waals surface area contributed by atoms with Crippen molar-refractivity contribution in [3.8, 4) is 0 Å². The maximum atomic E-state index is 12.0. The van der Waals surface area contributed by atoms with Gasteiger partial charge in [-0.2, -0.15) is 0 Å². The predicted octanol–water partition coefficient (Wildman–Crippen LogP) is 2.73. The molecule has 3 rings (SSSR count). The van der Waals surface area contributed by atoms with Crippen LogP contribution in [0.1, 0.15) is 23.7 Å². The summed E-state index contributed by atoms with van der Waals surface area (Å²) in [5.74, 6) is 1.62. The Kier molecular flexibility index (Phi) is 2.63. The molecule has 18 heavy (non-hydrogen) atoms. The summed E-state index contributed by atoms with van der Waals surface area (Å²) in [4.78, 5) is 12.0. The number of carbonyl (C=O) groups is 1. The van der Waals surface area contributed by atoms with Crippen molar-refractivity contribution in [1.29, 1.82) is 0 Å². The van der Waals surface area contributed by atoms with E-state index in [1.165, 1.54) is 5.56 Å². The van der Waals surface area contributed by atoms with Crippen LogP contribution < -0.4 is 5.32 Å². The normalized spacial score (nSPS) is 21.6. The van der Waals surface area contributed by atoms with Crippen molar-refractivity contribution in [3.05, 3.63) is 47.7 Å². The summed E-state index contributed by atoms with van der Waals surface area (Å²) in [6, 6.07) is 11.8. The summed E-state index contributed by atoms with van der Waals surface area (Å²) in [6.45, 7) is 1.80. The van der Waals surface area contributed by atoms with Gasteiger partial charge in [-0.25, -0.2) is 0 Å². The van der Waals surface area contributed by atoms with E-state index >= 15 is 0 Å². The van der Waals surface area contributed by atoms with Gasteiger partial charge in [-0.15, -0.1) is 0 Å². The van der Waals surface area contributed by atoms with E-state index in [0.29, 0.717) is 17.5 Å². The minimum atomic E-state index is 0.0251. The van der Waals surface area contributed by atoms with Crippen molar-refractivity contribution < 1.29 is 9.32 Å². The van der Waals surface area contributed by atoms with Gasteiger partial charge in [-0.3, -0.25) is 4.79 Å². The second kappa shape index (κ2) is 4.29. The highest BCUT2D eigenvalue weighted by Crippen LogP contribution is 2.47. The zero-order valence-corrected chi connectivity index (χ0v) is 10.1. The average molecular weight is 242 g/mol. The van der Waals surface area contributed by atoms with Gasteiger partial charge in [-0.1, -0.05) is 35.5 Å². The lowest BCUT2D eigenvalue weighted by Gasteiger charge is -2.00. The Hall–Kier alpha value is -2.10. The summed E-state index contributed by atoms with van der Waals surface area (Å²) in [6.07, 6.45) is 0.909. The third-order valence-corrected chi connectivity index (χ3v) is 3.23. The van der Waals surface area contributed by atoms with E-state index in [1.807, 2.05) is 18.2 Å². The van der Waals surface area contributed by atoms with Gasteiger partial charge in [0.2, 0.25) is 5.91 Å². The molecule has 1 aromatic heterocycles. The summed E-state index contributed by atoms with van der Waals surface area (Å²) < 4.78 is 4.91. The average Bonchev–Trinajstić information content (AvgIpc) is 3.09. The first-order chi connectivity index (χ1) is 8.74. The van der Waals surface area contributed by atoms with E-state index in [2.05, 4.69) is 22.6 Å². The van der Waals surface area contributed by atoms with Crippen LogP contribution in [0.4, 0.5) is 5.82 Å². The van der Waals surface area contributed by atoms with Crippen LogP contribution in [0.5, 0.6) is 0 Å². The second-order valence-corrected chi connectivity index (χ2v) is 4.67. The highest BCUT2D eigenvalue weighted by atomic mass is 16.5. The maximum Gasteiger partial charge on any atom is 0.229 e. The standard InChI is InChI=1S/C14H14N2O2/c1-9-7-13(16-18-9)15-14(17)12-8-11(12)10-5-3-2-4-6-10/h2-7,11-12H,8H2,1H3,(H,15,16,17)/t11-,12-/m1/s1. The van der Waals surface area contributed by atoms with Crippen molar-refractivity contribution in [2.75, 3.05) is 5.32 Å². The number of hydrogen-bond acceptors (Lipinski definition) is 3. The first-order valence-corrected chi connectivity index (χ1v) is 6.03. The van der Waals surface area contributed by atoms with Crippen LogP contribution in [0.25, 0.3) is 0 Å². The number of rotatable bonds is 3. The van der Waals surface area contributed by atoms with E-state index in [0.717, 1.165) is 6.42 Å². The highest BCUT2D eigenvalue weighted by Gasteiger charge is 2.43. The number of carbonyl (C=O) groups excluding carboxylic acids is 1. The van der Waals surface area contributed by atoms with Gasteiger partial charge in [0.15, 0.2) is 5.82 Å². The molecule has 0 unspecified atom stereocenters. The quantitative estimate of drug-likeness (QED) is 0.900. The molecule has 0 saturated heterocycles. The molecule has 1 N–H and O–H groups in total. The molecule has 0 radical (unpaired) electrons. The van der Waals surface area contributed by atoms with Crippen LogP contribution >= 0.6 is 0 Å². The molecule has 1 aliphatic carbocycles. The van der Waals surface area contributed by atoms with Gasteiger partial charge in [0.05, 0.1) is 0 Å². The Labute approximate surface area is 105 Å². The molecule has 1 saturated carbocycles. The number of aryl methyl sites for hydroxylation is 1. The third-order valence-electron chi connectivity index (χ3n) is 3.23. The zero-order chi connectivity index (χ0) is 12.5. The molecule has 0 aliphatic heterocycles. The molecule has 1 amide bonds. The molecule has 0 bridgehead atoms. The minimum absolute atomic E-state index is 0.0251. The smallest absolute Gasteiger partial charge is 0.229 e. The number of hydrogen-bond donors (Lipinski definition) is 1. The van der Waals surface area contributed by atoms with E-state index < -0.39 is 0 Å². The molecule has 4 nitrogen and oxygen atoms in total. The molecule has 1 heterocycles. The second-order valence-electron chi connectivity index (χ2n) is 4.67. The summed E-state index contributed by atoms with van der Waals surface area (Å²) >= 11 is 0. The lowest BCUT2D eigenvalue weighted by Crippen LogP contribution is -2.14. The van der Waals surface area contributed by atoms with E-state index in [4.69, 9.17) is 4.52 Å². The van der Waals surface area contributed by atoms with E-state index in [1.54, 1.807) is 13.0 Å². The van der Waals surface area contributed by atoms with Crippen molar-refractivity contribution in [2.24, 2.45) is 5.92 Å². The molecule has 92 valence electrons. The van der Waals surface area contributed by atoms with Crippen LogP contribution in [0.3, 0.4) is 0 Å². The monoisotopic (exact) mass is 242 g/mol. The summed E-state index contributed by atoms with van der Waals surface area (Å²) in [5, 5.41) is 6.54. The van der Waals surface area contributed by atoms with Crippen molar-refractivity contribution in [1.82, 2.24) is 5.16 Å². The number of aromatic nitrogens is 1. The molecule has 2 atom stereocenters. The lowest BCUT2D eigenvalue weighted by atomic mass is 10.1. The van der Waals surface area contributed by atoms with Crippen LogP contribution in [0.2, 0.25) is 0 Å². The van der Waals surface area contributed by atoms with Crippen molar-refractivity contribution in [3.63, 3.8) is 0 Å². The largest absolute Gasteiger partial charge is 0.360 e. The Balaban J connectivity index is 1.63. The van der Waals surface area contributed by atoms with Crippen LogP contribution in [-0.2, 0) is 4.79 Å². The Morgan fingerprint density at radius 3 is 2.83 bits per heavy atom. The predicted molar refractivity (Wildman–Crippen MR) is 67.2 cm³/mol. The van der Waals surface area contributed by atoms with Crippen LogP contribution in [-0.4, -0.2) is 11.1 Å². The fraction of sp³-hybridized carbons (Fsp3) is 0.286. The summed E-state index contributed by atoms with van der Waals surface area (Å²) in [7, 11) is 0. The van der Waals surface area contributed by atoms with Gasteiger partial charge < -0.3 is 9.84 Å². The Morgan fingerprint density at radius 2 is 2.17 bits per heavy atom. The van der Waals surface area contributed by atoms with Crippen LogP contribution in [0.15, 0.2) is 40.9 Å². The SMILES string of the molecule is Cc1cc(NC(=O)[C@@H]2C[C@@H]2c2ccccc2)no1. The minimum Gasteiger partial charge on any atom is -0.360 e. The lowest BCUT2D eigenvalue weighted by molar-refractivity contribution is -0.117. The van der Waals surface area contributed by atoms with Crippen molar-refractivity contribution in [2.45, 2.75) is 19.3 Å². The molecular formula is C14H14N2O2. The Bertz CT molecular complexity index is 562. The first kappa shape index (κ1) is 11.0. The van der Waals surface area contributed by atoms with Gasteiger partial charge in [0.25, 0.3) is 0 Å². The molecule has 2 aromatic rings. The zero-order valence-electron chi connectivity index (χ0n) is 10.1. The Morgan fingerprint density at radius 1 is 1.39 bits per heavy atom. The fourth-order valence-corrected chi connectivity index (χ4v) is 2.20. The van der Waals surface area contributed by atoms with E-state index in [-0.39, 0.29) is 11.8 Å². The fourth-order valence-electron chi connectivity index (χ4n) is 2.20. The van der Waals surface area contributed by atoms with Gasteiger partial charge in [-0.05, 0) is 24.8 Å². The van der Waals surface area contributed by atoms with Gasteiger partial charge >= 0.3 is 0 Å². The molecular weight excluding hydrogens is 228 g/mol. The van der Waals surface area contributed by atoms with Gasteiger partial charge in [0, 0.05) is 12.0 Å². The maximum absolute atomic E-state index is 12.0. The molecule has 0 spiro atoms. The number of amides is 1. The first-order valence-electron chi connectivity index (χ1n) is 6.03. The third kappa shape index (κ3) is 2.14. The van der Waals surface area contributed by atoms with Crippen LogP contribution in [0, 0.1) is 12.8 Å². The molecule has 4 heteroatoms. The van der Waals surface area contributed by atoms with E-state index in [9.17, 15) is 4.79 Å². The number of nitrogens with one attached hydrogen (secondary N) is 1. The van der Waals surface area contributed by atoms with Gasteiger partial charge in [0.1, 0.15) is 5.76 Å². The molecule has 1 aromatic carbocycles. The molecule has 1 fully saturated rings.